The van der Waals surface area contributed by atoms with Crippen LogP contribution in [-0.2, 0) is 6.54 Å². The van der Waals surface area contributed by atoms with Gasteiger partial charge in [-0.15, -0.1) is 0 Å². The fourth-order valence-corrected chi connectivity index (χ4v) is 1.63. The van der Waals surface area contributed by atoms with Crippen molar-refractivity contribution in [3.63, 3.8) is 0 Å². The molecule has 1 N–H and O–H groups in total. The van der Waals surface area contributed by atoms with Crippen LogP contribution < -0.4 is 10.9 Å². The molecule has 2 rings (SSSR count). The van der Waals surface area contributed by atoms with E-state index in [-0.39, 0.29) is 17.8 Å². The Kier molecular flexibility index (Phi) is 4.03. The molecule has 0 aliphatic heterocycles. The molecule has 0 amide bonds. The number of rotatable bonds is 5. The first-order valence-electron chi connectivity index (χ1n) is 5.74. The van der Waals surface area contributed by atoms with Crippen LogP contribution in [-0.4, -0.2) is 28.3 Å². The second kappa shape index (κ2) is 5.58. The number of pyridine rings is 1. The van der Waals surface area contributed by atoms with Crippen molar-refractivity contribution in [2.75, 3.05) is 6.54 Å². The zero-order valence-corrected chi connectivity index (χ0v) is 10.2. The van der Waals surface area contributed by atoms with Gasteiger partial charge in [0.2, 0.25) is 0 Å². The maximum absolute atomic E-state index is 12.7. The summed E-state index contributed by atoms with van der Waals surface area (Å²) in [7, 11) is 0. The largest absolute Gasteiger partial charge is 0.319 e. The Labute approximate surface area is 111 Å². The average molecular weight is 289 g/mol. The van der Waals surface area contributed by atoms with Gasteiger partial charge in [0.05, 0.1) is 12.2 Å². The highest BCUT2D eigenvalue weighted by Gasteiger charge is 2.39. The summed E-state index contributed by atoms with van der Waals surface area (Å²) in [5, 5.41) is 2.17. The quantitative estimate of drug-likeness (QED) is 0.852. The zero-order valence-electron chi connectivity index (χ0n) is 10.2. The number of hydrogen-bond acceptors (Lipinski definition) is 3. The second-order valence-electron chi connectivity index (χ2n) is 4.18. The molecule has 8 heteroatoms. The van der Waals surface area contributed by atoms with Gasteiger partial charge in [-0.3, -0.25) is 9.20 Å². The molecular weight excluding hydrogens is 278 g/mol. The van der Waals surface area contributed by atoms with Gasteiger partial charge < -0.3 is 5.32 Å². The van der Waals surface area contributed by atoms with Crippen LogP contribution in [0.15, 0.2) is 35.3 Å². The van der Waals surface area contributed by atoms with E-state index in [0.29, 0.717) is 5.65 Å². The molecule has 2 heterocycles. The lowest BCUT2D eigenvalue weighted by Crippen LogP contribution is -2.38. The van der Waals surface area contributed by atoms with Crippen LogP contribution in [0, 0.1) is 0 Å². The number of hydrogen-bond donors (Lipinski definition) is 1. The Morgan fingerprint density at radius 3 is 2.80 bits per heavy atom. The van der Waals surface area contributed by atoms with E-state index in [1.54, 1.807) is 18.2 Å². The summed E-state index contributed by atoms with van der Waals surface area (Å²) in [6.07, 6.45) is -2.21. The molecule has 0 saturated carbocycles. The molecule has 0 radical (unpaired) electrons. The van der Waals surface area contributed by atoms with Crippen LogP contribution in [0.2, 0.25) is 0 Å². The average Bonchev–Trinajstić information content (AvgIpc) is 2.38. The van der Waals surface area contributed by atoms with Crippen molar-refractivity contribution in [3.05, 3.63) is 46.5 Å². The van der Waals surface area contributed by atoms with E-state index in [1.807, 2.05) is 0 Å². The smallest absolute Gasteiger partial charge is 0.305 e. The minimum Gasteiger partial charge on any atom is -0.305 e. The minimum atomic E-state index is -4.11. The van der Waals surface area contributed by atoms with Gasteiger partial charge in [-0.05, 0) is 12.1 Å². The highest BCUT2D eigenvalue weighted by molar-refractivity contribution is 5.37. The van der Waals surface area contributed by atoms with Crippen molar-refractivity contribution in [1.82, 2.24) is 14.7 Å². The van der Waals surface area contributed by atoms with Crippen molar-refractivity contribution in [1.29, 1.82) is 0 Å². The van der Waals surface area contributed by atoms with Crippen molar-refractivity contribution < 1.29 is 17.6 Å². The number of alkyl halides is 4. The van der Waals surface area contributed by atoms with Crippen LogP contribution >= 0.6 is 0 Å². The number of halogens is 4. The zero-order chi connectivity index (χ0) is 14.8. The molecule has 0 aromatic carbocycles. The van der Waals surface area contributed by atoms with Gasteiger partial charge in [0.15, 0.2) is 0 Å². The molecule has 0 aliphatic rings. The van der Waals surface area contributed by atoms with Crippen molar-refractivity contribution in [3.8, 4) is 0 Å². The third-order valence-corrected chi connectivity index (χ3v) is 2.61. The predicted molar refractivity (Wildman–Crippen MR) is 64.1 cm³/mol. The standard InChI is InChI=1S/C12H11F4N3O/c13-11(14)12(15,16)7-17-6-8-5-10(20)19-4-2-1-3-9(19)18-8/h1-5,11,17H,6-7H2. The fourth-order valence-electron chi connectivity index (χ4n) is 1.63. The Morgan fingerprint density at radius 1 is 1.35 bits per heavy atom. The molecule has 0 fully saturated rings. The third kappa shape index (κ3) is 3.13. The topological polar surface area (TPSA) is 46.4 Å². The number of nitrogens with one attached hydrogen (secondary N) is 1. The van der Waals surface area contributed by atoms with Gasteiger partial charge in [0, 0.05) is 18.8 Å². The molecular formula is C12H11F4N3O. The lowest BCUT2D eigenvalue weighted by Gasteiger charge is -2.15. The van der Waals surface area contributed by atoms with Crippen molar-refractivity contribution in [2.24, 2.45) is 0 Å². The first-order chi connectivity index (χ1) is 9.40. The third-order valence-electron chi connectivity index (χ3n) is 2.61. The Balaban J connectivity index is 2.10. The Bertz CT molecular complexity index is 656. The highest BCUT2D eigenvalue weighted by atomic mass is 19.3. The van der Waals surface area contributed by atoms with E-state index in [2.05, 4.69) is 10.3 Å². The van der Waals surface area contributed by atoms with E-state index in [1.165, 1.54) is 16.7 Å². The lowest BCUT2D eigenvalue weighted by molar-refractivity contribution is -0.125. The van der Waals surface area contributed by atoms with Gasteiger partial charge >= 0.3 is 12.3 Å². The summed E-state index contributed by atoms with van der Waals surface area (Å²) < 4.78 is 50.6. The molecule has 0 aliphatic carbocycles. The molecule has 20 heavy (non-hydrogen) atoms. The second-order valence-corrected chi connectivity index (χ2v) is 4.18. The van der Waals surface area contributed by atoms with Crippen LogP contribution in [0.5, 0.6) is 0 Å². The molecule has 0 bridgehead atoms. The van der Waals surface area contributed by atoms with Crippen molar-refractivity contribution in [2.45, 2.75) is 18.9 Å². The first-order valence-corrected chi connectivity index (χ1v) is 5.74. The molecule has 2 aromatic rings. The summed E-state index contributed by atoms with van der Waals surface area (Å²) >= 11 is 0. The van der Waals surface area contributed by atoms with E-state index < -0.39 is 18.9 Å². The molecule has 0 spiro atoms. The van der Waals surface area contributed by atoms with Crippen LogP contribution in [0.3, 0.4) is 0 Å². The fraction of sp³-hybridized carbons (Fsp3) is 0.333. The maximum atomic E-state index is 12.7. The number of fused-ring (bicyclic) bond motifs is 1. The summed E-state index contributed by atoms with van der Waals surface area (Å²) in [6.45, 7) is -1.37. The molecule has 108 valence electrons. The monoisotopic (exact) mass is 289 g/mol. The minimum absolute atomic E-state index is 0.192. The van der Waals surface area contributed by atoms with Crippen molar-refractivity contribution >= 4 is 5.65 Å². The van der Waals surface area contributed by atoms with E-state index in [0.717, 1.165) is 0 Å². The summed E-state index contributed by atoms with van der Waals surface area (Å²) in [5.74, 6) is -4.11. The first kappa shape index (κ1) is 14.4. The number of nitrogens with zero attached hydrogens (tertiary/aromatic N) is 2. The van der Waals surface area contributed by atoms with E-state index in [4.69, 9.17) is 0 Å². The van der Waals surface area contributed by atoms with Gasteiger partial charge in [-0.25, -0.2) is 13.8 Å². The van der Waals surface area contributed by atoms with Gasteiger partial charge in [0.1, 0.15) is 5.65 Å². The molecule has 0 atom stereocenters. The number of aromatic nitrogens is 2. The lowest BCUT2D eigenvalue weighted by atomic mass is 10.3. The summed E-state index contributed by atoms with van der Waals surface area (Å²) in [6, 6.07) is 6.07. The SMILES string of the molecule is O=c1cc(CNCC(F)(F)C(F)F)nc2ccccn12. The predicted octanol–water partition coefficient (Wildman–Crippen LogP) is 1.68. The normalized spacial score (nSPS) is 12.2. The molecule has 0 saturated heterocycles. The maximum Gasteiger partial charge on any atom is 0.319 e. The Hall–Kier alpha value is -1.96. The van der Waals surface area contributed by atoms with Gasteiger partial charge in [-0.1, -0.05) is 6.07 Å². The van der Waals surface area contributed by atoms with Crippen LogP contribution in [0.25, 0.3) is 5.65 Å². The molecule has 2 aromatic heterocycles. The van der Waals surface area contributed by atoms with Gasteiger partial charge in [-0.2, -0.15) is 8.78 Å². The summed E-state index contributed by atoms with van der Waals surface area (Å²) in [5.41, 5.74) is 0.205. The molecule has 0 unspecified atom stereocenters. The van der Waals surface area contributed by atoms with E-state index in [9.17, 15) is 22.4 Å². The van der Waals surface area contributed by atoms with Gasteiger partial charge in [0.25, 0.3) is 5.56 Å². The summed E-state index contributed by atoms with van der Waals surface area (Å²) in [4.78, 5) is 15.8. The highest BCUT2D eigenvalue weighted by Crippen LogP contribution is 2.21. The van der Waals surface area contributed by atoms with E-state index >= 15 is 0 Å². The van der Waals surface area contributed by atoms with Crippen LogP contribution in [0.4, 0.5) is 17.6 Å². The Morgan fingerprint density at radius 2 is 2.10 bits per heavy atom. The van der Waals surface area contributed by atoms with Crippen LogP contribution in [0.1, 0.15) is 5.69 Å². The molecule has 4 nitrogen and oxygen atoms in total.